The molecule has 0 aliphatic carbocycles. The van der Waals surface area contributed by atoms with Crippen LogP contribution in [0.25, 0.3) is 6.08 Å². The normalized spacial score (nSPS) is 16.1. The van der Waals surface area contributed by atoms with Crippen molar-refractivity contribution in [2.45, 2.75) is 32.1 Å². The monoisotopic (exact) mass is 310 g/mol. The third-order valence-corrected chi connectivity index (χ3v) is 4.47. The number of hydrogen-bond acceptors (Lipinski definition) is 3. The predicted molar refractivity (Wildman–Crippen MR) is 89.8 cm³/mol. The van der Waals surface area contributed by atoms with Gasteiger partial charge in [0, 0.05) is 43.2 Å². The summed E-state index contributed by atoms with van der Waals surface area (Å²) in [7, 11) is 0. The number of hydrogen-bond donors (Lipinski definition) is 1. The van der Waals surface area contributed by atoms with Crippen LogP contribution in [0.1, 0.15) is 42.5 Å². The van der Waals surface area contributed by atoms with Crippen LogP contribution in [0.3, 0.4) is 0 Å². The topological polar surface area (TPSA) is 61.9 Å². The maximum absolute atomic E-state index is 12.3. The van der Waals surface area contributed by atoms with Crippen molar-refractivity contribution in [1.82, 2.24) is 20.1 Å². The molecule has 0 atom stereocenters. The molecule has 0 aromatic carbocycles. The van der Waals surface area contributed by atoms with Gasteiger partial charge in [0.2, 0.25) is 5.91 Å². The van der Waals surface area contributed by atoms with Crippen LogP contribution in [0.5, 0.6) is 0 Å². The summed E-state index contributed by atoms with van der Waals surface area (Å²) in [6.07, 6.45) is 11.9. The molecule has 2 aromatic heterocycles. The lowest BCUT2D eigenvalue weighted by atomic mass is 9.91. The Hall–Kier alpha value is -2.43. The van der Waals surface area contributed by atoms with Gasteiger partial charge in [-0.1, -0.05) is 6.92 Å². The molecule has 1 N–H and O–H groups in total. The Morgan fingerprint density at radius 2 is 2.09 bits per heavy atom. The Balaban J connectivity index is 1.56. The van der Waals surface area contributed by atoms with Gasteiger partial charge in [0.25, 0.3) is 0 Å². The van der Waals surface area contributed by atoms with E-state index in [1.165, 1.54) is 11.3 Å². The van der Waals surface area contributed by atoms with E-state index in [1.54, 1.807) is 18.5 Å². The van der Waals surface area contributed by atoms with Crippen LogP contribution in [0.4, 0.5) is 0 Å². The summed E-state index contributed by atoms with van der Waals surface area (Å²) in [6, 6.07) is 3.78. The molecule has 1 aliphatic rings. The van der Waals surface area contributed by atoms with Gasteiger partial charge in [-0.05, 0) is 48.6 Å². The molecule has 1 saturated heterocycles. The highest BCUT2D eigenvalue weighted by atomic mass is 16.2. The van der Waals surface area contributed by atoms with E-state index in [1.807, 2.05) is 29.3 Å². The van der Waals surface area contributed by atoms with Crippen LogP contribution in [0.2, 0.25) is 0 Å². The van der Waals surface area contributed by atoms with E-state index in [9.17, 15) is 4.79 Å². The second-order valence-corrected chi connectivity index (χ2v) is 5.88. The number of aromatic nitrogens is 3. The molecule has 0 unspecified atom stereocenters. The molecular formula is C18H22N4O. The zero-order chi connectivity index (χ0) is 16.1. The van der Waals surface area contributed by atoms with Crippen LogP contribution in [0.15, 0.2) is 36.8 Å². The molecule has 5 nitrogen and oxygen atoms in total. The molecule has 2 aromatic rings. The Kier molecular flexibility index (Phi) is 4.86. The highest BCUT2D eigenvalue weighted by Gasteiger charge is 2.25. The van der Waals surface area contributed by atoms with Crippen LogP contribution in [-0.2, 0) is 11.2 Å². The highest BCUT2D eigenvalue weighted by Crippen LogP contribution is 2.29. The van der Waals surface area contributed by atoms with Gasteiger partial charge in [0.15, 0.2) is 0 Å². The lowest BCUT2D eigenvalue weighted by Crippen LogP contribution is -2.37. The highest BCUT2D eigenvalue weighted by molar-refractivity contribution is 5.91. The fourth-order valence-corrected chi connectivity index (χ4v) is 3.09. The lowest BCUT2D eigenvalue weighted by Gasteiger charge is -2.31. The van der Waals surface area contributed by atoms with Gasteiger partial charge in [-0.2, -0.15) is 5.10 Å². The van der Waals surface area contributed by atoms with Gasteiger partial charge < -0.3 is 4.90 Å². The first-order valence-corrected chi connectivity index (χ1v) is 8.17. The first kappa shape index (κ1) is 15.5. The van der Waals surface area contributed by atoms with Gasteiger partial charge in [-0.3, -0.25) is 14.9 Å². The molecule has 5 heteroatoms. The number of aryl methyl sites for hydroxylation is 1. The zero-order valence-electron chi connectivity index (χ0n) is 13.4. The SMILES string of the molecule is CCc1cn[nH]c1C1CCN(C(=O)/C=C/c2ccncc2)CC1. The Bertz CT molecular complexity index is 669. The molecule has 0 bridgehead atoms. The average Bonchev–Trinajstić information content (AvgIpc) is 3.09. The molecule has 1 fully saturated rings. The fraction of sp³-hybridized carbons (Fsp3) is 0.389. The second-order valence-electron chi connectivity index (χ2n) is 5.88. The minimum atomic E-state index is 0.0839. The molecular weight excluding hydrogens is 288 g/mol. The summed E-state index contributed by atoms with van der Waals surface area (Å²) in [5, 5.41) is 7.31. The fourth-order valence-electron chi connectivity index (χ4n) is 3.09. The summed E-state index contributed by atoms with van der Waals surface area (Å²) in [5.74, 6) is 0.571. The number of pyridine rings is 1. The van der Waals surface area contributed by atoms with Crippen molar-refractivity contribution in [3.8, 4) is 0 Å². The van der Waals surface area contributed by atoms with E-state index in [2.05, 4.69) is 22.1 Å². The van der Waals surface area contributed by atoms with Crippen molar-refractivity contribution in [1.29, 1.82) is 0 Å². The molecule has 1 amide bonds. The largest absolute Gasteiger partial charge is 0.339 e. The maximum Gasteiger partial charge on any atom is 0.246 e. The molecule has 0 saturated carbocycles. The standard InChI is InChI=1S/C18H22N4O/c1-2-15-13-20-21-18(15)16-7-11-22(12-8-16)17(23)4-3-14-5-9-19-10-6-14/h3-6,9-10,13,16H,2,7-8,11-12H2,1H3,(H,20,21)/b4-3+. The van der Waals surface area contributed by atoms with Crippen LogP contribution >= 0.6 is 0 Å². The molecule has 3 rings (SSSR count). The summed E-state index contributed by atoms with van der Waals surface area (Å²) in [5.41, 5.74) is 3.55. The summed E-state index contributed by atoms with van der Waals surface area (Å²) >= 11 is 0. The van der Waals surface area contributed by atoms with Gasteiger partial charge in [-0.15, -0.1) is 0 Å². The number of carbonyl (C=O) groups is 1. The smallest absolute Gasteiger partial charge is 0.246 e. The number of rotatable bonds is 4. The predicted octanol–water partition coefficient (Wildman–Crippen LogP) is 2.79. The maximum atomic E-state index is 12.3. The van der Waals surface area contributed by atoms with Crippen molar-refractivity contribution in [2.75, 3.05) is 13.1 Å². The number of nitrogens with one attached hydrogen (secondary N) is 1. The van der Waals surface area contributed by atoms with Crippen molar-refractivity contribution in [3.05, 3.63) is 53.6 Å². The Morgan fingerprint density at radius 3 is 2.78 bits per heavy atom. The Morgan fingerprint density at radius 1 is 1.35 bits per heavy atom. The first-order chi connectivity index (χ1) is 11.3. The van der Waals surface area contributed by atoms with E-state index < -0.39 is 0 Å². The third-order valence-electron chi connectivity index (χ3n) is 4.47. The van der Waals surface area contributed by atoms with E-state index in [0.717, 1.165) is 37.9 Å². The number of nitrogens with zero attached hydrogens (tertiary/aromatic N) is 3. The second kappa shape index (κ2) is 7.22. The lowest BCUT2D eigenvalue weighted by molar-refractivity contribution is -0.126. The van der Waals surface area contributed by atoms with E-state index >= 15 is 0 Å². The summed E-state index contributed by atoms with van der Waals surface area (Å²) in [6.45, 7) is 3.75. The van der Waals surface area contributed by atoms with Gasteiger partial charge >= 0.3 is 0 Å². The summed E-state index contributed by atoms with van der Waals surface area (Å²) in [4.78, 5) is 18.2. The summed E-state index contributed by atoms with van der Waals surface area (Å²) < 4.78 is 0. The van der Waals surface area contributed by atoms with Gasteiger partial charge in [0.05, 0.1) is 6.20 Å². The number of piperidine rings is 1. The van der Waals surface area contributed by atoms with Gasteiger partial charge in [0.1, 0.15) is 0 Å². The molecule has 120 valence electrons. The van der Waals surface area contributed by atoms with Crippen LogP contribution < -0.4 is 0 Å². The number of amides is 1. The number of aromatic amines is 1. The number of H-pyrrole nitrogens is 1. The van der Waals surface area contributed by atoms with E-state index in [4.69, 9.17) is 0 Å². The third kappa shape index (κ3) is 3.67. The molecule has 3 heterocycles. The molecule has 0 radical (unpaired) electrons. The van der Waals surface area contributed by atoms with Crippen molar-refractivity contribution in [3.63, 3.8) is 0 Å². The van der Waals surface area contributed by atoms with Crippen molar-refractivity contribution in [2.24, 2.45) is 0 Å². The van der Waals surface area contributed by atoms with Crippen molar-refractivity contribution < 1.29 is 4.79 Å². The van der Waals surface area contributed by atoms with Gasteiger partial charge in [-0.25, -0.2) is 0 Å². The Labute approximate surface area is 136 Å². The minimum Gasteiger partial charge on any atom is -0.339 e. The molecule has 0 spiro atoms. The zero-order valence-corrected chi connectivity index (χ0v) is 13.4. The molecule has 23 heavy (non-hydrogen) atoms. The quantitative estimate of drug-likeness (QED) is 0.883. The van der Waals surface area contributed by atoms with E-state index in [-0.39, 0.29) is 5.91 Å². The molecule has 1 aliphatic heterocycles. The van der Waals surface area contributed by atoms with Crippen molar-refractivity contribution >= 4 is 12.0 Å². The number of likely N-dealkylation sites (tertiary alicyclic amines) is 1. The van der Waals surface area contributed by atoms with Crippen LogP contribution in [-0.4, -0.2) is 39.1 Å². The average molecular weight is 310 g/mol. The number of carbonyl (C=O) groups excluding carboxylic acids is 1. The minimum absolute atomic E-state index is 0.0839. The van der Waals surface area contributed by atoms with E-state index in [0.29, 0.717) is 5.92 Å². The van der Waals surface area contributed by atoms with Crippen LogP contribution in [0, 0.1) is 0 Å². The first-order valence-electron chi connectivity index (χ1n) is 8.17.